The van der Waals surface area contributed by atoms with Crippen molar-refractivity contribution in [2.45, 2.75) is 24.8 Å². The third kappa shape index (κ3) is 5.19. The van der Waals surface area contributed by atoms with Gasteiger partial charge in [0.15, 0.2) is 9.84 Å². The van der Waals surface area contributed by atoms with E-state index < -0.39 is 9.84 Å². The van der Waals surface area contributed by atoms with Crippen LogP contribution in [0.2, 0.25) is 0 Å². The van der Waals surface area contributed by atoms with Crippen molar-refractivity contribution >= 4 is 15.5 Å². The van der Waals surface area contributed by atoms with Gasteiger partial charge in [-0.15, -0.1) is 0 Å². The molecule has 1 aromatic rings. The van der Waals surface area contributed by atoms with Crippen molar-refractivity contribution in [3.05, 3.63) is 24.3 Å². The van der Waals surface area contributed by atoms with Gasteiger partial charge in [0.25, 0.3) is 0 Å². The van der Waals surface area contributed by atoms with Gasteiger partial charge < -0.3 is 10.1 Å². The van der Waals surface area contributed by atoms with Gasteiger partial charge in [0.05, 0.1) is 17.6 Å². The summed E-state index contributed by atoms with van der Waals surface area (Å²) < 4.78 is 27.9. The Bertz CT molecular complexity index is 437. The first-order valence-electron chi connectivity index (χ1n) is 5.55. The van der Waals surface area contributed by atoms with Crippen molar-refractivity contribution in [3.63, 3.8) is 0 Å². The van der Waals surface area contributed by atoms with Crippen LogP contribution in [-0.2, 0) is 14.6 Å². The largest absolute Gasteiger partial charge is 0.383 e. The average Bonchev–Trinajstić information content (AvgIpc) is 2.23. The molecule has 0 aliphatic heterocycles. The van der Waals surface area contributed by atoms with Crippen molar-refractivity contribution < 1.29 is 13.2 Å². The van der Waals surface area contributed by atoms with Gasteiger partial charge >= 0.3 is 0 Å². The van der Waals surface area contributed by atoms with Gasteiger partial charge in [-0.25, -0.2) is 8.42 Å². The molecule has 0 aromatic heterocycles. The normalized spacial score (nSPS) is 11.8. The molecule has 4 nitrogen and oxygen atoms in total. The monoisotopic (exact) mass is 257 g/mol. The lowest BCUT2D eigenvalue weighted by atomic mass is 10.3. The van der Waals surface area contributed by atoms with Gasteiger partial charge in [-0.3, -0.25) is 0 Å². The molecule has 0 saturated heterocycles. The molecule has 0 unspecified atom stereocenters. The Kier molecular flexibility index (Phi) is 4.96. The molecule has 0 aliphatic carbocycles. The standard InChI is InChI=1S/C12H19NO3S/c1-10(2)16-9-8-13-11-4-6-12(7-5-11)17(3,14)15/h4-7,10,13H,8-9H2,1-3H3. The van der Waals surface area contributed by atoms with Crippen LogP contribution in [0.3, 0.4) is 0 Å². The third-order valence-electron chi connectivity index (χ3n) is 2.16. The Morgan fingerprint density at radius 3 is 2.29 bits per heavy atom. The summed E-state index contributed by atoms with van der Waals surface area (Å²) in [4.78, 5) is 0.335. The van der Waals surface area contributed by atoms with E-state index in [9.17, 15) is 8.42 Å². The fourth-order valence-electron chi connectivity index (χ4n) is 1.31. The molecule has 0 heterocycles. The summed E-state index contributed by atoms with van der Waals surface area (Å²) in [5.74, 6) is 0. The fraction of sp³-hybridized carbons (Fsp3) is 0.500. The zero-order chi connectivity index (χ0) is 12.9. The molecule has 17 heavy (non-hydrogen) atoms. The van der Waals surface area contributed by atoms with Crippen LogP contribution in [0.15, 0.2) is 29.2 Å². The Hall–Kier alpha value is -1.07. The molecule has 1 rings (SSSR count). The molecule has 0 bridgehead atoms. The number of nitrogens with one attached hydrogen (secondary N) is 1. The van der Waals surface area contributed by atoms with E-state index in [1.54, 1.807) is 24.3 Å². The molecule has 1 N–H and O–H groups in total. The summed E-state index contributed by atoms with van der Waals surface area (Å²) in [6.45, 7) is 5.31. The van der Waals surface area contributed by atoms with E-state index in [1.807, 2.05) is 13.8 Å². The highest BCUT2D eigenvalue weighted by Gasteiger charge is 2.05. The molecule has 96 valence electrons. The lowest BCUT2D eigenvalue weighted by Gasteiger charge is -2.09. The van der Waals surface area contributed by atoms with Crippen molar-refractivity contribution in [3.8, 4) is 0 Å². The maximum Gasteiger partial charge on any atom is 0.175 e. The van der Waals surface area contributed by atoms with Crippen molar-refractivity contribution in [2.75, 3.05) is 24.7 Å². The minimum absolute atomic E-state index is 0.226. The summed E-state index contributed by atoms with van der Waals surface area (Å²) in [5, 5.41) is 3.16. The molecule has 5 heteroatoms. The first-order chi connectivity index (χ1) is 7.89. The number of benzene rings is 1. The van der Waals surface area contributed by atoms with Crippen LogP contribution in [0, 0.1) is 0 Å². The lowest BCUT2D eigenvalue weighted by Crippen LogP contribution is -2.13. The molecule has 0 atom stereocenters. The zero-order valence-electron chi connectivity index (χ0n) is 10.4. The van der Waals surface area contributed by atoms with Crippen LogP contribution in [0.4, 0.5) is 5.69 Å². The summed E-state index contributed by atoms with van der Waals surface area (Å²) in [6.07, 6.45) is 1.43. The van der Waals surface area contributed by atoms with Gasteiger partial charge in [0.2, 0.25) is 0 Å². The Balaban J connectivity index is 2.46. The van der Waals surface area contributed by atoms with Gasteiger partial charge in [0.1, 0.15) is 0 Å². The Morgan fingerprint density at radius 1 is 1.24 bits per heavy atom. The Labute approximate surface area is 103 Å². The highest BCUT2D eigenvalue weighted by atomic mass is 32.2. The number of anilines is 1. The predicted octanol–water partition coefficient (Wildman–Crippen LogP) is 1.93. The van der Waals surface area contributed by atoms with Crippen LogP contribution in [0.5, 0.6) is 0 Å². The number of hydrogen-bond donors (Lipinski definition) is 1. The zero-order valence-corrected chi connectivity index (χ0v) is 11.3. The second-order valence-electron chi connectivity index (χ2n) is 4.14. The van der Waals surface area contributed by atoms with E-state index in [-0.39, 0.29) is 6.10 Å². The lowest BCUT2D eigenvalue weighted by molar-refractivity contribution is 0.0870. The van der Waals surface area contributed by atoms with E-state index >= 15 is 0 Å². The highest BCUT2D eigenvalue weighted by Crippen LogP contribution is 2.13. The van der Waals surface area contributed by atoms with E-state index in [0.717, 1.165) is 5.69 Å². The van der Waals surface area contributed by atoms with Crippen LogP contribution in [-0.4, -0.2) is 33.9 Å². The topological polar surface area (TPSA) is 55.4 Å². The van der Waals surface area contributed by atoms with Crippen LogP contribution in [0.1, 0.15) is 13.8 Å². The quantitative estimate of drug-likeness (QED) is 0.791. The van der Waals surface area contributed by atoms with E-state index in [2.05, 4.69) is 5.32 Å². The van der Waals surface area contributed by atoms with Crippen molar-refractivity contribution in [1.29, 1.82) is 0 Å². The molecule has 1 aromatic carbocycles. The van der Waals surface area contributed by atoms with E-state index in [0.29, 0.717) is 18.0 Å². The van der Waals surface area contributed by atoms with Gasteiger partial charge in [-0.2, -0.15) is 0 Å². The number of ether oxygens (including phenoxy) is 1. The van der Waals surface area contributed by atoms with Crippen LogP contribution < -0.4 is 5.32 Å². The number of hydrogen-bond acceptors (Lipinski definition) is 4. The van der Waals surface area contributed by atoms with Gasteiger partial charge in [-0.05, 0) is 38.1 Å². The molecule has 0 radical (unpaired) electrons. The smallest absolute Gasteiger partial charge is 0.175 e. The van der Waals surface area contributed by atoms with Crippen LogP contribution >= 0.6 is 0 Å². The summed E-state index contributed by atoms with van der Waals surface area (Å²) in [5.41, 5.74) is 0.893. The van der Waals surface area contributed by atoms with Crippen molar-refractivity contribution in [1.82, 2.24) is 0 Å². The summed E-state index contributed by atoms with van der Waals surface area (Å²) in [6, 6.07) is 6.71. The third-order valence-corrected chi connectivity index (χ3v) is 3.29. The SMILES string of the molecule is CC(C)OCCNc1ccc(S(C)(=O)=O)cc1. The second-order valence-corrected chi connectivity index (χ2v) is 6.16. The first kappa shape index (κ1) is 14.0. The number of sulfone groups is 1. The maximum absolute atomic E-state index is 11.2. The minimum atomic E-state index is -3.11. The molecule has 0 fully saturated rings. The van der Waals surface area contributed by atoms with E-state index in [4.69, 9.17) is 4.74 Å². The summed E-state index contributed by atoms with van der Waals surface area (Å²) >= 11 is 0. The molecular formula is C12H19NO3S. The number of rotatable bonds is 6. The summed E-state index contributed by atoms with van der Waals surface area (Å²) in [7, 11) is -3.11. The minimum Gasteiger partial charge on any atom is -0.383 e. The second kappa shape index (κ2) is 6.02. The molecule has 0 saturated carbocycles. The molecular weight excluding hydrogens is 238 g/mol. The van der Waals surface area contributed by atoms with Crippen LogP contribution in [0.25, 0.3) is 0 Å². The Morgan fingerprint density at radius 2 is 1.82 bits per heavy atom. The van der Waals surface area contributed by atoms with E-state index in [1.165, 1.54) is 6.26 Å². The fourth-order valence-corrected chi connectivity index (χ4v) is 1.94. The average molecular weight is 257 g/mol. The maximum atomic E-state index is 11.2. The van der Waals surface area contributed by atoms with Crippen molar-refractivity contribution in [2.24, 2.45) is 0 Å². The highest BCUT2D eigenvalue weighted by molar-refractivity contribution is 7.90. The first-order valence-corrected chi connectivity index (χ1v) is 7.44. The van der Waals surface area contributed by atoms with Gasteiger partial charge in [0, 0.05) is 18.5 Å². The molecule has 0 aliphatic rings. The molecule has 0 amide bonds. The van der Waals surface area contributed by atoms with Gasteiger partial charge in [-0.1, -0.05) is 0 Å². The molecule has 0 spiro atoms. The predicted molar refractivity (Wildman–Crippen MR) is 69.1 cm³/mol.